The molecule has 3 aromatic rings. The third-order valence-electron chi connectivity index (χ3n) is 6.11. The number of aromatic nitrogens is 3. The molecule has 1 aliphatic rings. The van der Waals surface area contributed by atoms with E-state index in [1.807, 2.05) is 0 Å². The summed E-state index contributed by atoms with van der Waals surface area (Å²) in [4.78, 5) is 27.5. The molecule has 1 saturated heterocycles. The van der Waals surface area contributed by atoms with Crippen LogP contribution in [-0.4, -0.2) is 38.8 Å². The van der Waals surface area contributed by atoms with E-state index in [9.17, 15) is 18.8 Å². The Morgan fingerprint density at radius 2 is 1.85 bits per heavy atom. The maximum Gasteiger partial charge on any atom is 0.270 e. The van der Waals surface area contributed by atoms with Crippen LogP contribution in [0.1, 0.15) is 41.3 Å². The summed E-state index contributed by atoms with van der Waals surface area (Å²) in [6.45, 7) is 1.72. The van der Waals surface area contributed by atoms with Crippen LogP contribution < -0.4 is 0 Å². The van der Waals surface area contributed by atoms with E-state index >= 15 is 0 Å². The second-order valence-corrected chi connectivity index (χ2v) is 8.44. The lowest BCUT2D eigenvalue weighted by Gasteiger charge is -2.37. The van der Waals surface area contributed by atoms with Gasteiger partial charge in [0.2, 0.25) is 0 Å². The Hall–Kier alpha value is -3.73. The third kappa shape index (κ3) is 4.87. The van der Waals surface area contributed by atoms with Crippen molar-refractivity contribution in [1.82, 2.24) is 19.9 Å². The fraction of sp³-hybridized carbons (Fsp3) is 0.320. The molecular formula is C25H23F2N5O. The lowest BCUT2D eigenvalue weighted by molar-refractivity contribution is 0.0174. The van der Waals surface area contributed by atoms with Crippen molar-refractivity contribution in [3.05, 3.63) is 77.9 Å². The van der Waals surface area contributed by atoms with Crippen molar-refractivity contribution in [3.8, 4) is 17.5 Å². The molecule has 2 aromatic heterocycles. The number of benzene rings is 1. The van der Waals surface area contributed by atoms with Gasteiger partial charge >= 0.3 is 0 Å². The van der Waals surface area contributed by atoms with Crippen LogP contribution in [0.2, 0.25) is 0 Å². The molecule has 0 radical (unpaired) electrons. The van der Waals surface area contributed by atoms with E-state index in [2.05, 4.69) is 21.0 Å². The second-order valence-electron chi connectivity index (χ2n) is 8.44. The number of hydrogen-bond donors (Lipinski definition) is 0. The van der Waals surface area contributed by atoms with Crippen LogP contribution in [0.5, 0.6) is 0 Å². The molecule has 1 fully saturated rings. The monoisotopic (exact) mass is 447 g/mol. The topological polar surface area (TPSA) is 82.8 Å². The van der Waals surface area contributed by atoms with Gasteiger partial charge in [0, 0.05) is 38.0 Å². The summed E-state index contributed by atoms with van der Waals surface area (Å²) in [6, 6.07) is 13.7. The zero-order valence-electron chi connectivity index (χ0n) is 18.2. The van der Waals surface area contributed by atoms with Gasteiger partial charge in [-0.3, -0.25) is 9.78 Å². The fourth-order valence-electron chi connectivity index (χ4n) is 4.16. The largest absolute Gasteiger partial charge is 0.338 e. The van der Waals surface area contributed by atoms with Crippen molar-refractivity contribution in [1.29, 1.82) is 5.26 Å². The number of carbonyl (C=O) groups is 1. The summed E-state index contributed by atoms with van der Waals surface area (Å²) in [7, 11) is 0. The summed E-state index contributed by atoms with van der Waals surface area (Å²) in [6.07, 6.45) is 6.09. The van der Waals surface area contributed by atoms with Gasteiger partial charge in [-0.2, -0.15) is 5.26 Å². The molecule has 0 saturated carbocycles. The Bertz CT molecular complexity index is 1160. The molecule has 6 nitrogen and oxygen atoms in total. The number of pyridine rings is 1. The summed E-state index contributed by atoms with van der Waals surface area (Å²) in [5, 5.41) is 9.92. The number of piperidine rings is 1. The quantitative estimate of drug-likeness (QED) is 0.569. The van der Waals surface area contributed by atoms with Gasteiger partial charge in [-0.25, -0.2) is 18.7 Å². The van der Waals surface area contributed by atoms with E-state index in [-0.39, 0.29) is 11.5 Å². The molecule has 3 heterocycles. The molecule has 0 bridgehead atoms. The van der Waals surface area contributed by atoms with Crippen molar-refractivity contribution < 1.29 is 13.6 Å². The SMILES string of the molecule is CC(F)(F)c1ccc(CC2(C#N)CCN(C(=O)c3cccnc3-c3ccncn3)CC2)cc1. The van der Waals surface area contributed by atoms with Gasteiger partial charge in [-0.15, -0.1) is 0 Å². The molecular weight excluding hydrogens is 424 g/mol. The van der Waals surface area contributed by atoms with Gasteiger partial charge in [0.15, 0.2) is 0 Å². The number of nitriles is 1. The summed E-state index contributed by atoms with van der Waals surface area (Å²) in [5.41, 5.74) is 1.67. The fourth-order valence-corrected chi connectivity index (χ4v) is 4.16. The summed E-state index contributed by atoms with van der Waals surface area (Å²) >= 11 is 0. The van der Waals surface area contributed by atoms with Gasteiger partial charge in [0.05, 0.1) is 22.7 Å². The average Bonchev–Trinajstić information content (AvgIpc) is 2.84. The first-order chi connectivity index (χ1) is 15.8. The Morgan fingerprint density at radius 3 is 2.45 bits per heavy atom. The molecule has 0 aliphatic carbocycles. The Balaban J connectivity index is 1.47. The van der Waals surface area contributed by atoms with Gasteiger partial charge in [-0.1, -0.05) is 24.3 Å². The number of amides is 1. The molecule has 0 unspecified atom stereocenters. The predicted octanol–water partition coefficient (Wildman–Crippen LogP) is 4.64. The minimum absolute atomic E-state index is 0.0476. The highest BCUT2D eigenvalue weighted by molar-refractivity contribution is 5.99. The number of rotatable bonds is 5. The first kappa shape index (κ1) is 22.5. The Kier molecular flexibility index (Phi) is 6.14. The molecule has 1 aliphatic heterocycles. The highest BCUT2D eigenvalue weighted by atomic mass is 19.3. The molecule has 0 atom stereocenters. The van der Waals surface area contributed by atoms with E-state index in [1.54, 1.807) is 47.6 Å². The standard InChI is InChI=1S/C25H23F2N5O/c1-24(26,27)19-6-4-18(5-7-19)15-25(16-28)9-13-32(14-10-25)23(33)20-3-2-11-30-22(20)21-8-12-29-17-31-21/h2-8,11-12,17H,9-10,13-15H2,1H3. The zero-order valence-corrected chi connectivity index (χ0v) is 18.2. The molecule has 1 aromatic carbocycles. The molecule has 0 spiro atoms. The maximum absolute atomic E-state index is 13.5. The number of carbonyl (C=O) groups excluding carboxylic acids is 1. The Morgan fingerprint density at radius 1 is 1.12 bits per heavy atom. The highest BCUT2D eigenvalue weighted by Gasteiger charge is 2.37. The number of halogens is 2. The molecule has 4 rings (SSSR count). The maximum atomic E-state index is 13.5. The minimum atomic E-state index is -2.89. The van der Waals surface area contributed by atoms with Crippen molar-refractivity contribution in [2.24, 2.45) is 5.41 Å². The molecule has 33 heavy (non-hydrogen) atoms. The van der Waals surface area contributed by atoms with E-state index in [4.69, 9.17) is 0 Å². The van der Waals surface area contributed by atoms with Crippen LogP contribution in [-0.2, 0) is 12.3 Å². The van der Waals surface area contributed by atoms with Crippen LogP contribution in [0.25, 0.3) is 11.4 Å². The number of likely N-dealkylation sites (tertiary alicyclic amines) is 1. The van der Waals surface area contributed by atoms with Gasteiger partial charge in [0.1, 0.15) is 12.0 Å². The lowest BCUT2D eigenvalue weighted by atomic mass is 9.75. The van der Waals surface area contributed by atoms with E-state index in [0.717, 1.165) is 12.5 Å². The van der Waals surface area contributed by atoms with Crippen molar-refractivity contribution in [2.75, 3.05) is 13.1 Å². The van der Waals surface area contributed by atoms with Crippen LogP contribution >= 0.6 is 0 Å². The van der Waals surface area contributed by atoms with Gasteiger partial charge in [0.25, 0.3) is 11.8 Å². The first-order valence-electron chi connectivity index (χ1n) is 10.7. The van der Waals surface area contributed by atoms with E-state index < -0.39 is 11.3 Å². The third-order valence-corrected chi connectivity index (χ3v) is 6.11. The van der Waals surface area contributed by atoms with E-state index in [1.165, 1.54) is 18.5 Å². The normalized spacial score (nSPS) is 15.6. The number of alkyl halides is 2. The van der Waals surface area contributed by atoms with E-state index in [0.29, 0.717) is 49.3 Å². The van der Waals surface area contributed by atoms with Crippen molar-refractivity contribution in [3.63, 3.8) is 0 Å². The van der Waals surface area contributed by atoms with Crippen LogP contribution in [0.3, 0.4) is 0 Å². The minimum Gasteiger partial charge on any atom is -0.338 e. The van der Waals surface area contributed by atoms with Crippen molar-refractivity contribution >= 4 is 5.91 Å². The number of hydrogen-bond acceptors (Lipinski definition) is 5. The molecule has 1 amide bonds. The zero-order chi connectivity index (χ0) is 23.5. The summed E-state index contributed by atoms with van der Waals surface area (Å²) in [5.74, 6) is -3.05. The van der Waals surface area contributed by atoms with Gasteiger partial charge < -0.3 is 4.90 Å². The average molecular weight is 447 g/mol. The lowest BCUT2D eigenvalue weighted by Crippen LogP contribution is -2.43. The molecule has 168 valence electrons. The van der Waals surface area contributed by atoms with Crippen molar-refractivity contribution in [2.45, 2.75) is 32.1 Å². The smallest absolute Gasteiger partial charge is 0.270 e. The number of nitrogens with zero attached hydrogens (tertiary/aromatic N) is 5. The summed E-state index contributed by atoms with van der Waals surface area (Å²) < 4.78 is 27.0. The predicted molar refractivity (Wildman–Crippen MR) is 118 cm³/mol. The van der Waals surface area contributed by atoms with Crippen LogP contribution in [0.4, 0.5) is 8.78 Å². The van der Waals surface area contributed by atoms with Crippen LogP contribution in [0, 0.1) is 16.7 Å². The second kappa shape index (κ2) is 9.02. The Labute approximate surface area is 190 Å². The molecule has 8 heteroatoms. The van der Waals surface area contributed by atoms with Gasteiger partial charge in [-0.05, 0) is 43.0 Å². The molecule has 0 N–H and O–H groups in total. The highest BCUT2D eigenvalue weighted by Crippen LogP contribution is 2.36. The van der Waals surface area contributed by atoms with Crippen LogP contribution in [0.15, 0.2) is 61.2 Å². The first-order valence-corrected chi connectivity index (χ1v) is 10.7.